The third kappa shape index (κ3) is 4.38. The second-order valence-corrected chi connectivity index (χ2v) is 12.1. The summed E-state index contributed by atoms with van der Waals surface area (Å²) in [6, 6.07) is 0. The van der Waals surface area contributed by atoms with E-state index >= 15 is 0 Å². The molecule has 0 spiro atoms. The van der Waals surface area contributed by atoms with E-state index < -0.39 is 27.2 Å². The van der Waals surface area contributed by atoms with Crippen LogP contribution in [0.5, 0.6) is 0 Å². The summed E-state index contributed by atoms with van der Waals surface area (Å²) in [5.41, 5.74) is 0. The molecule has 0 aromatic carbocycles. The summed E-state index contributed by atoms with van der Waals surface area (Å²) in [4.78, 5) is 0. The molecule has 1 rings (SSSR count). The summed E-state index contributed by atoms with van der Waals surface area (Å²) < 4.78 is 24.5. The Morgan fingerprint density at radius 3 is 1.50 bits per heavy atom. The van der Waals surface area contributed by atoms with E-state index in [4.69, 9.17) is 92.4 Å². The Kier molecular flexibility index (Phi) is 7.69. The number of ether oxygens (including phenoxy) is 1. The molecule has 0 aliphatic carbocycles. The van der Waals surface area contributed by atoms with Gasteiger partial charge >= 0.3 is 160 Å². The Morgan fingerprint density at radius 1 is 0.818 bits per heavy atom. The maximum absolute atomic E-state index is 6.03. The number of halogens is 6. The summed E-state index contributed by atoms with van der Waals surface area (Å²) >= 11 is 35.6. The molecule has 0 aromatic rings. The first kappa shape index (κ1) is 22.0. The van der Waals surface area contributed by atoms with E-state index in [9.17, 15) is 0 Å². The fourth-order valence-electron chi connectivity index (χ4n) is 2.03. The van der Waals surface area contributed by atoms with Crippen LogP contribution in [0.4, 0.5) is 0 Å². The fraction of sp³-hybridized carbons (Fsp3) is 1.00. The molecular weight excluding hydrogens is 444 g/mol. The summed E-state index contributed by atoms with van der Waals surface area (Å²) in [5, 5.41) is 0. The van der Waals surface area contributed by atoms with E-state index in [0.29, 0.717) is 0 Å². The summed E-state index contributed by atoms with van der Waals surface area (Å²) in [5.74, 6) is -1.34. The quantitative estimate of drug-likeness (QED) is 0.373. The summed E-state index contributed by atoms with van der Waals surface area (Å²) in [7, 11) is -4.49. The molecule has 5 nitrogen and oxygen atoms in total. The SMILES string of the molecule is CCOP1(OCC)(OCC)OC(C(Cl)(Cl)Cl)OC1C(Cl)(Cl)Cl. The van der Waals surface area contributed by atoms with Crippen LogP contribution in [0, 0.1) is 0 Å². The van der Waals surface area contributed by atoms with Crippen molar-refractivity contribution in [3.63, 3.8) is 0 Å². The van der Waals surface area contributed by atoms with Gasteiger partial charge in [0.25, 0.3) is 0 Å². The third-order valence-corrected chi connectivity index (χ3v) is 8.16. The predicted molar refractivity (Wildman–Crippen MR) is 92.1 cm³/mol. The van der Waals surface area contributed by atoms with E-state index in [-0.39, 0.29) is 19.8 Å². The van der Waals surface area contributed by atoms with Gasteiger partial charge in [-0.3, -0.25) is 0 Å². The molecule has 0 N–H and O–H groups in total. The van der Waals surface area contributed by atoms with Crippen molar-refractivity contribution < 1.29 is 22.8 Å². The van der Waals surface area contributed by atoms with Crippen LogP contribution in [0.15, 0.2) is 0 Å². The minimum atomic E-state index is -4.49. The molecular formula is C10H17Cl6O5P. The van der Waals surface area contributed by atoms with Crippen molar-refractivity contribution in [1.82, 2.24) is 0 Å². The Bertz CT molecular complexity index is 367. The summed E-state index contributed by atoms with van der Waals surface area (Å²) in [6.07, 6.45) is -1.39. The van der Waals surface area contributed by atoms with Gasteiger partial charge in [-0.2, -0.15) is 0 Å². The Hall–Kier alpha value is 1.97. The molecule has 0 saturated carbocycles. The maximum atomic E-state index is 6.03. The second-order valence-electron chi connectivity index (χ2n) is 4.13. The van der Waals surface area contributed by atoms with Crippen molar-refractivity contribution >= 4 is 77.1 Å². The molecule has 2 atom stereocenters. The van der Waals surface area contributed by atoms with Crippen molar-refractivity contribution in [2.24, 2.45) is 0 Å². The monoisotopic (exact) mass is 458 g/mol. The normalized spacial score (nSPS) is 30.0. The number of hydrogen-bond donors (Lipinski definition) is 0. The van der Waals surface area contributed by atoms with Crippen LogP contribution in [-0.4, -0.2) is 39.5 Å². The van der Waals surface area contributed by atoms with Gasteiger partial charge in [0.2, 0.25) is 0 Å². The molecule has 22 heavy (non-hydrogen) atoms. The van der Waals surface area contributed by atoms with Crippen LogP contribution in [-0.2, 0) is 22.8 Å². The van der Waals surface area contributed by atoms with Crippen LogP contribution in [0.3, 0.4) is 0 Å². The van der Waals surface area contributed by atoms with Gasteiger partial charge in [0.1, 0.15) is 0 Å². The van der Waals surface area contributed by atoms with Gasteiger partial charge in [-0.05, 0) is 0 Å². The molecule has 0 radical (unpaired) electrons. The van der Waals surface area contributed by atoms with Gasteiger partial charge in [0.15, 0.2) is 0 Å². The van der Waals surface area contributed by atoms with E-state index in [1.807, 2.05) is 0 Å². The molecule has 2 unspecified atom stereocenters. The second kappa shape index (κ2) is 7.69. The number of rotatable bonds is 6. The van der Waals surface area contributed by atoms with Gasteiger partial charge in [0.05, 0.1) is 0 Å². The van der Waals surface area contributed by atoms with Crippen molar-refractivity contribution in [2.75, 3.05) is 19.8 Å². The minimum absolute atomic E-state index is 0.144. The van der Waals surface area contributed by atoms with Crippen LogP contribution in [0.2, 0.25) is 0 Å². The predicted octanol–water partition coefficient (Wildman–Crippen LogP) is 5.75. The van der Waals surface area contributed by atoms with Crippen LogP contribution in [0.1, 0.15) is 20.8 Å². The molecule has 12 heteroatoms. The zero-order valence-corrected chi connectivity index (χ0v) is 17.5. The van der Waals surface area contributed by atoms with Crippen molar-refractivity contribution in [1.29, 1.82) is 0 Å². The number of alkyl halides is 6. The standard InChI is InChI=1S/C10H17Cl6O5P/c1-4-17-22(18-5-2,19-6-3)8(10(14,15)16)20-7(21-22)9(11,12)13/h7-8H,4-6H2,1-3H3. The summed E-state index contributed by atoms with van der Waals surface area (Å²) in [6.45, 7) is 5.54. The first-order chi connectivity index (χ1) is 9.95. The van der Waals surface area contributed by atoms with Crippen LogP contribution >= 0.6 is 77.1 Å². The molecule has 0 amide bonds. The molecule has 1 fully saturated rings. The molecule has 134 valence electrons. The van der Waals surface area contributed by atoms with Crippen LogP contribution in [0.25, 0.3) is 0 Å². The topological polar surface area (TPSA) is 46.2 Å². The average Bonchev–Trinajstić information content (AvgIpc) is 2.66. The van der Waals surface area contributed by atoms with E-state index in [1.165, 1.54) is 0 Å². The van der Waals surface area contributed by atoms with Crippen LogP contribution < -0.4 is 0 Å². The third-order valence-electron chi connectivity index (χ3n) is 2.55. The molecule has 1 heterocycles. The van der Waals surface area contributed by atoms with E-state index in [1.54, 1.807) is 20.8 Å². The van der Waals surface area contributed by atoms with Gasteiger partial charge in [-0.25, -0.2) is 0 Å². The van der Waals surface area contributed by atoms with Gasteiger partial charge in [0, 0.05) is 0 Å². The first-order valence-corrected chi connectivity index (χ1v) is 10.6. The van der Waals surface area contributed by atoms with E-state index in [2.05, 4.69) is 0 Å². The average molecular weight is 461 g/mol. The van der Waals surface area contributed by atoms with Gasteiger partial charge in [-0.1, -0.05) is 0 Å². The molecule has 0 aromatic heterocycles. The Morgan fingerprint density at radius 2 is 1.23 bits per heavy atom. The molecule has 1 aliphatic heterocycles. The molecule has 1 aliphatic rings. The zero-order valence-electron chi connectivity index (χ0n) is 12.0. The fourth-order valence-corrected chi connectivity index (χ4v) is 7.75. The van der Waals surface area contributed by atoms with Gasteiger partial charge in [-0.15, -0.1) is 0 Å². The van der Waals surface area contributed by atoms with Crippen molar-refractivity contribution in [2.45, 2.75) is 40.5 Å². The first-order valence-electron chi connectivity index (χ1n) is 6.39. The van der Waals surface area contributed by atoms with Crippen molar-refractivity contribution in [3.8, 4) is 0 Å². The van der Waals surface area contributed by atoms with E-state index in [0.717, 1.165) is 0 Å². The van der Waals surface area contributed by atoms with Gasteiger partial charge < -0.3 is 0 Å². The number of hydrogen-bond acceptors (Lipinski definition) is 5. The molecule has 1 saturated heterocycles. The zero-order chi connectivity index (χ0) is 17.3. The molecule has 0 bridgehead atoms. The Labute approximate surface area is 159 Å². The van der Waals surface area contributed by atoms with Crippen molar-refractivity contribution in [3.05, 3.63) is 0 Å². The Balaban J connectivity index is 3.45.